The van der Waals surface area contributed by atoms with Crippen LogP contribution in [0, 0.1) is 24.2 Å². The molecule has 0 aromatic heterocycles. The first-order chi connectivity index (χ1) is 12.7. The number of piperidine rings is 2. The maximum absolute atomic E-state index is 13.3. The van der Waals surface area contributed by atoms with Gasteiger partial charge in [0, 0.05) is 23.6 Å². The molecule has 1 amide bonds. The maximum atomic E-state index is 13.3. The van der Waals surface area contributed by atoms with Crippen LogP contribution in [0.3, 0.4) is 0 Å². The highest BCUT2D eigenvalue weighted by Crippen LogP contribution is 2.39. The average Bonchev–Trinajstić information content (AvgIpc) is 2.58. The molecule has 5 nitrogen and oxygen atoms in total. The summed E-state index contributed by atoms with van der Waals surface area (Å²) in [4.78, 5) is 27.8. The minimum absolute atomic E-state index is 0.0378. The highest BCUT2D eigenvalue weighted by Gasteiger charge is 2.44. The molecule has 1 aromatic rings. The molecule has 0 spiro atoms. The van der Waals surface area contributed by atoms with Gasteiger partial charge in [0.05, 0.1) is 11.6 Å². The SMILES string of the molecule is Cc1cccc(C#N)c1C(=O)C1CC2CCCC(C1)N2C(=O)OC(C)(C)C. The number of ketones is 1. The van der Waals surface area contributed by atoms with Gasteiger partial charge in [-0.15, -0.1) is 0 Å². The monoisotopic (exact) mass is 368 g/mol. The molecule has 0 radical (unpaired) electrons. The number of carbonyl (C=O) groups is 2. The third-order valence-electron chi connectivity index (χ3n) is 5.59. The number of nitriles is 1. The van der Waals surface area contributed by atoms with Gasteiger partial charge in [0.2, 0.25) is 0 Å². The largest absolute Gasteiger partial charge is 0.444 e. The number of hydrogen-bond donors (Lipinski definition) is 0. The minimum atomic E-state index is -0.527. The molecule has 0 saturated carbocycles. The summed E-state index contributed by atoms with van der Waals surface area (Å²) < 4.78 is 5.61. The van der Waals surface area contributed by atoms with Crippen LogP contribution in [0.5, 0.6) is 0 Å². The van der Waals surface area contributed by atoms with Crippen LogP contribution in [-0.2, 0) is 4.74 Å². The van der Waals surface area contributed by atoms with E-state index in [9.17, 15) is 14.9 Å². The summed E-state index contributed by atoms with van der Waals surface area (Å²) in [5.74, 6) is -0.0995. The van der Waals surface area contributed by atoms with E-state index in [0.717, 1.165) is 24.8 Å². The molecule has 3 rings (SSSR count). The van der Waals surface area contributed by atoms with Gasteiger partial charge in [0.1, 0.15) is 5.60 Å². The van der Waals surface area contributed by atoms with E-state index >= 15 is 0 Å². The third kappa shape index (κ3) is 4.00. The van der Waals surface area contributed by atoms with Crippen molar-refractivity contribution in [2.75, 3.05) is 0 Å². The van der Waals surface area contributed by atoms with Crippen LogP contribution >= 0.6 is 0 Å². The van der Waals surface area contributed by atoms with Crippen molar-refractivity contribution in [3.63, 3.8) is 0 Å². The molecule has 2 atom stereocenters. The molecule has 0 N–H and O–H groups in total. The fourth-order valence-electron chi connectivity index (χ4n) is 4.50. The zero-order valence-electron chi connectivity index (χ0n) is 16.6. The van der Waals surface area contributed by atoms with Gasteiger partial charge in [0.25, 0.3) is 0 Å². The van der Waals surface area contributed by atoms with Gasteiger partial charge >= 0.3 is 6.09 Å². The van der Waals surface area contributed by atoms with Crippen molar-refractivity contribution in [2.45, 2.75) is 77.5 Å². The van der Waals surface area contributed by atoms with E-state index in [1.54, 1.807) is 6.07 Å². The first-order valence-corrected chi connectivity index (χ1v) is 9.76. The number of aryl methyl sites for hydroxylation is 1. The second-order valence-electron chi connectivity index (χ2n) is 8.77. The van der Waals surface area contributed by atoms with Crippen molar-refractivity contribution in [1.29, 1.82) is 5.26 Å². The van der Waals surface area contributed by atoms with Crippen LogP contribution < -0.4 is 0 Å². The van der Waals surface area contributed by atoms with Gasteiger partial charge < -0.3 is 9.64 Å². The Balaban J connectivity index is 1.82. The zero-order chi connectivity index (χ0) is 19.8. The lowest BCUT2D eigenvalue weighted by atomic mass is 9.75. The Labute approximate surface area is 161 Å². The average molecular weight is 368 g/mol. The van der Waals surface area contributed by atoms with E-state index in [1.165, 1.54) is 0 Å². The predicted molar refractivity (Wildman–Crippen MR) is 102 cm³/mol. The quantitative estimate of drug-likeness (QED) is 0.714. The Kier molecular flexibility index (Phi) is 5.28. The maximum Gasteiger partial charge on any atom is 0.410 e. The van der Waals surface area contributed by atoms with Crippen LogP contribution in [0.2, 0.25) is 0 Å². The van der Waals surface area contributed by atoms with Crippen molar-refractivity contribution in [1.82, 2.24) is 4.90 Å². The van der Waals surface area contributed by atoms with Gasteiger partial charge in [-0.2, -0.15) is 5.26 Å². The highest BCUT2D eigenvalue weighted by molar-refractivity contribution is 6.01. The Bertz CT molecular complexity index is 774. The number of hydrogen-bond acceptors (Lipinski definition) is 4. The fourth-order valence-corrected chi connectivity index (χ4v) is 4.50. The van der Waals surface area contributed by atoms with Crippen molar-refractivity contribution in [3.05, 3.63) is 34.9 Å². The molecule has 2 bridgehead atoms. The van der Waals surface area contributed by atoms with Crippen LogP contribution in [0.4, 0.5) is 4.79 Å². The molecular formula is C22H28N2O3. The summed E-state index contributed by atoms with van der Waals surface area (Å²) >= 11 is 0. The number of Topliss-reactive ketones (excluding diaryl/α,β-unsaturated/α-hetero) is 1. The Morgan fingerprint density at radius 3 is 2.37 bits per heavy atom. The number of amides is 1. The van der Waals surface area contributed by atoms with E-state index in [2.05, 4.69) is 6.07 Å². The smallest absolute Gasteiger partial charge is 0.410 e. The molecule has 144 valence electrons. The third-order valence-corrected chi connectivity index (χ3v) is 5.59. The molecule has 2 unspecified atom stereocenters. The number of ether oxygens (including phenoxy) is 1. The van der Waals surface area contributed by atoms with Crippen molar-refractivity contribution in [3.8, 4) is 6.07 Å². The Hall–Kier alpha value is -2.35. The lowest BCUT2D eigenvalue weighted by Gasteiger charge is -2.48. The van der Waals surface area contributed by atoms with Crippen molar-refractivity contribution < 1.29 is 14.3 Å². The summed E-state index contributed by atoms with van der Waals surface area (Å²) in [6, 6.07) is 7.62. The van der Waals surface area contributed by atoms with Crippen LogP contribution in [0.1, 0.15) is 74.4 Å². The Morgan fingerprint density at radius 1 is 1.19 bits per heavy atom. The summed E-state index contributed by atoms with van der Waals surface area (Å²) in [6.07, 6.45) is 3.90. The molecule has 1 aromatic carbocycles. The van der Waals surface area contributed by atoms with Gasteiger partial charge in [-0.3, -0.25) is 4.79 Å². The molecule has 27 heavy (non-hydrogen) atoms. The van der Waals surface area contributed by atoms with Gasteiger partial charge in [-0.25, -0.2) is 4.79 Å². The first kappa shape index (κ1) is 19.4. The molecule has 2 saturated heterocycles. The van der Waals surface area contributed by atoms with E-state index in [-0.39, 0.29) is 29.9 Å². The van der Waals surface area contributed by atoms with Crippen molar-refractivity contribution in [2.24, 2.45) is 5.92 Å². The standard InChI is InChI=1S/C22H28N2O3/c1-14-7-5-8-15(13-23)19(14)20(25)16-11-17-9-6-10-18(12-16)24(17)21(26)27-22(2,3)4/h5,7-8,16-18H,6,9-12H2,1-4H3. The summed E-state index contributed by atoms with van der Waals surface area (Å²) in [7, 11) is 0. The summed E-state index contributed by atoms with van der Waals surface area (Å²) in [5.41, 5.74) is 1.31. The van der Waals surface area contributed by atoms with E-state index in [1.807, 2.05) is 44.7 Å². The zero-order valence-corrected chi connectivity index (χ0v) is 16.6. The second kappa shape index (κ2) is 7.34. The number of fused-ring (bicyclic) bond motifs is 2. The molecule has 2 fully saturated rings. The second-order valence-corrected chi connectivity index (χ2v) is 8.77. The van der Waals surface area contributed by atoms with Crippen LogP contribution in [0.25, 0.3) is 0 Å². The number of nitrogens with zero attached hydrogens (tertiary/aromatic N) is 2. The van der Waals surface area contributed by atoms with Gasteiger partial charge in [-0.05, 0) is 71.4 Å². The van der Waals surface area contributed by atoms with Crippen LogP contribution in [-0.4, -0.2) is 34.5 Å². The molecule has 5 heteroatoms. The number of rotatable bonds is 2. The molecule has 2 aliphatic rings. The molecular weight excluding hydrogens is 340 g/mol. The summed E-state index contributed by atoms with van der Waals surface area (Å²) in [6.45, 7) is 7.50. The number of benzene rings is 1. The van der Waals surface area contributed by atoms with Gasteiger partial charge in [-0.1, -0.05) is 12.1 Å². The van der Waals surface area contributed by atoms with E-state index in [4.69, 9.17) is 4.74 Å². The lowest BCUT2D eigenvalue weighted by Crippen LogP contribution is -2.56. The topological polar surface area (TPSA) is 70.4 Å². The normalized spacial score (nSPS) is 24.9. The minimum Gasteiger partial charge on any atom is -0.444 e. The van der Waals surface area contributed by atoms with Gasteiger partial charge in [0.15, 0.2) is 5.78 Å². The molecule has 2 aliphatic heterocycles. The highest BCUT2D eigenvalue weighted by atomic mass is 16.6. The number of carbonyl (C=O) groups excluding carboxylic acids is 2. The van der Waals surface area contributed by atoms with E-state index in [0.29, 0.717) is 24.0 Å². The predicted octanol–water partition coefficient (Wildman–Crippen LogP) is 4.62. The van der Waals surface area contributed by atoms with Crippen molar-refractivity contribution >= 4 is 11.9 Å². The lowest BCUT2D eigenvalue weighted by molar-refractivity contribution is -0.0260. The Morgan fingerprint density at radius 2 is 1.81 bits per heavy atom. The molecule has 2 heterocycles. The first-order valence-electron chi connectivity index (χ1n) is 9.76. The summed E-state index contributed by atoms with van der Waals surface area (Å²) in [5, 5.41) is 9.40. The van der Waals surface area contributed by atoms with Crippen LogP contribution in [0.15, 0.2) is 18.2 Å². The fraction of sp³-hybridized carbons (Fsp3) is 0.591. The van der Waals surface area contributed by atoms with E-state index < -0.39 is 5.60 Å². The molecule has 0 aliphatic carbocycles.